The highest BCUT2D eigenvalue weighted by Crippen LogP contribution is 2.19. The van der Waals surface area contributed by atoms with Crippen molar-refractivity contribution in [1.29, 1.82) is 0 Å². The number of benzene rings is 2. The van der Waals surface area contributed by atoms with E-state index in [1.807, 2.05) is 67.5 Å². The third kappa shape index (κ3) is 19.5. The fourth-order valence-corrected chi connectivity index (χ4v) is 3.29. The van der Waals surface area contributed by atoms with Gasteiger partial charge in [0.2, 0.25) is 0 Å². The van der Waals surface area contributed by atoms with Crippen LogP contribution in [-0.2, 0) is 19.1 Å². The molecule has 0 aliphatic carbocycles. The van der Waals surface area contributed by atoms with Crippen molar-refractivity contribution in [2.75, 3.05) is 11.9 Å². The Labute approximate surface area is 252 Å². The summed E-state index contributed by atoms with van der Waals surface area (Å²) in [5.41, 5.74) is 2.03. The quantitative estimate of drug-likeness (QED) is 0.125. The zero-order chi connectivity index (χ0) is 31.6. The molecule has 228 valence electrons. The molecule has 0 unspecified atom stereocenters. The number of carbonyl (C=O) groups excluding carboxylic acids is 4. The van der Waals surface area contributed by atoms with Crippen molar-refractivity contribution in [3.05, 3.63) is 58.7 Å². The molecule has 0 amide bonds. The predicted octanol–water partition coefficient (Wildman–Crippen LogP) is 7.32. The van der Waals surface area contributed by atoms with E-state index in [0.29, 0.717) is 49.0 Å². The van der Waals surface area contributed by atoms with Crippen LogP contribution in [0.2, 0.25) is 0 Å². The zero-order valence-corrected chi connectivity index (χ0v) is 27.1. The molecule has 0 saturated heterocycles. The Bertz CT molecular complexity index is 1110. The van der Waals surface area contributed by atoms with Gasteiger partial charge < -0.3 is 19.3 Å². The van der Waals surface area contributed by atoms with Gasteiger partial charge in [-0.05, 0) is 104 Å². The lowest BCUT2D eigenvalue weighted by molar-refractivity contribution is -0.156. The maximum atomic E-state index is 11.5. The normalized spacial score (nSPS) is 10.7. The molecule has 0 spiro atoms. The summed E-state index contributed by atoms with van der Waals surface area (Å²) in [6.45, 7) is 15.3. The number of rotatable bonds is 10. The average Bonchev–Trinajstić information content (AvgIpc) is 2.84. The van der Waals surface area contributed by atoms with E-state index in [0.717, 1.165) is 29.2 Å². The zero-order valence-electron chi connectivity index (χ0n) is 25.5. The summed E-state index contributed by atoms with van der Waals surface area (Å²) >= 11 is 3.25. The van der Waals surface area contributed by atoms with Crippen LogP contribution in [0.15, 0.2) is 36.4 Å². The van der Waals surface area contributed by atoms with Crippen LogP contribution in [0, 0.1) is 13.8 Å². The lowest BCUT2D eigenvalue weighted by atomic mass is 10.1. The largest absolute Gasteiger partial charge is 0.507 e. The monoisotopic (exact) mass is 636 g/mol. The van der Waals surface area contributed by atoms with Crippen LogP contribution < -0.4 is 4.74 Å². The minimum absolute atomic E-state index is 0.0509. The highest BCUT2D eigenvalue weighted by molar-refractivity contribution is 9.09. The van der Waals surface area contributed by atoms with Crippen molar-refractivity contribution in [1.82, 2.24) is 0 Å². The van der Waals surface area contributed by atoms with Crippen molar-refractivity contribution in [3.63, 3.8) is 0 Å². The number of hydrogen-bond acceptors (Lipinski definition) is 8. The van der Waals surface area contributed by atoms with Gasteiger partial charge in [0.05, 0.1) is 17.7 Å². The van der Waals surface area contributed by atoms with E-state index in [-0.39, 0.29) is 23.3 Å². The van der Waals surface area contributed by atoms with E-state index < -0.39 is 5.60 Å². The Hall–Kier alpha value is -3.20. The Morgan fingerprint density at radius 3 is 1.68 bits per heavy atom. The highest BCUT2D eigenvalue weighted by atomic mass is 79.9. The number of carbonyl (C=O) groups is 4. The average molecular weight is 638 g/mol. The predicted molar refractivity (Wildman–Crippen MR) is 164 cm³/mol. The lowest BCUT2D eigenvalue weighted by Crippen LogP contribution is -2.24. The number of aryl methyl sites for hydroxylation is 2. The van der Waals surface area contributed by atoms with Gasteiger partial charge in [0, 0.05) is 18.2 Å². The number of halogens is 1. The standard InChI is InChI=1S/C16H22O4.C8H15BrO2.C8H8O2/c1-12-7-8-13(11-17)14(10-12)19-9-5-6-15(18)20-16(2,3)4;1-8(2,3)11-7(10)5-4-6-9;1-6-2-3-7(5-9)8(10)4-6/h7-8,10-11H,5-6,9H2,1-4H3;4-6H2,1-3H3;2-5,10H,1H3. The second-order valence-corrected chi connectivity index (χ2v) is 12.0. The Kier molecular flexibility index (Phi) is 17.5. The molecule has 0 radical (unpaired) electrons. The maximum Gasteiger partial charge on any atom is 0.306 e. The van der Waals surface area contributed by atoms with Crippen LogP contribution in [0.3, 0.4) is 0 Å². The third-order valence-corrected chi connectivity index (χ3v) is 5.31. The molecular formula is C32H45BrO8. The highest BCUT2D eigenvalue weighted by Gasteiger charge is 2.16. The molecule has 8 nitrogen and oxygen atoms in total. The van der Waals surface area contributed by atoms with E-state index in [1.165, 1.54) is 0 Å². The van der Waals surface area contributed by atoms with Gasteiger partial charge in [-0.25, -0.2) is 0 Å². The van der Waals surface area contributed by atoms with Gasteiger partial charge in [-0.15, -0.1) is 0 Å². The van der Waals surface area contributed by atoms with Crippen LogP contribution in [0.1, 0.15) is 99.1 Å². The third-order valence-electron chi connectivity index (χ3n) is 4.75. The molecule has 0 bridgehead atoms. The second kappa shape index (κ2) is 19.0. The Morgan fingerprint density at radius 1 is 0.780 bits per heavy atom. The van der Waals surface area contributed by atoms with Gasteiger partial charge >= 0.3 is 11.9 Å². The van der Waals surface area contributed by atoms with Crippen LogP contribution in [0.5, 0.6) is 11.5 Å². The molecule has 2 rings (SSSR count). The summed E-state index contributed by atoms with van der Waals surface area (Å²) in [6.07, 6.45) is 3.61. The summed E-state index contributed by atoms with van der Waals surface area (Å²) in [5, 5.41) is 9.91. The number of phenolic OH excluding ortho intramolecular Hbond substituents is 1. The molecule has 0 aromatic heterocycles. The Balaban J connectivity index is 0.000000643. The minimum Gasteiger partial charge on any atom is -0.507 e. The summed E-state index contributed by atoms with van der Waals surface area (Å²) < 4.78 is 15.8. The van der Waals surface area contributed by atoms with Crippen molar-refractivity contribution >= 4 is 40.4 Å². The van der Waals surface area contributed by atoms with Gasteiger partial charge in [-0.3, -0.25) is 19.2 Å². The van der Waals surface area contributed by atoms with Crippen molar-refractivity contribution in [3.8, 4) is 11.5 Å². The number of alkyl halides is 1. The van der Waals surface area contributed by atoms with Gasteiger partial charge in [0.25, 0.3) is 0 Å². The van der Waals surface area contributed by atoms with Gasteiger partial charge in [0.15, 0.2) is 12.6 Å². The maximum absolute atomic E-state index is 11.5. The van der Waals surface area contributed by atoms with Crippen molar-refractivity contribution in [2.45, 2.75) is 92.3 Å². The molecule has 0 atom stereocenters. The lowest BCUT2D eigenvalue weighted by Gasteiger charge is -2.19. The van der Waals surface area contributed by atoms with Crippen LogP contribution in [-0.4, -0.2) is 52.8 Å². The first kappa shape index (κ1) is 37.8. The van der Waals surface area contributed by atoms with E-state index in [4.69, 9.17) is 19.3 Å². The molecule has 0 fully saturated rings. The molecule has 0 aliphatic heterocycles. The molecule has 41 heavy (non-hydrogen) atoms. The number of hydrogen-bond donors (Lipinski definition) is 1. The first-order chi connectivity index (χ1) is 19.0. The topological polar surface area (TPSA) is 116 Å². The van der Waals surface area contributed by atoms with Crippen molar-refractivity contribution < 1.29 is 38.5 Å². The molecule has 0 heterocycles. The summed E-state index contributed by atoms with van der Waals surface area (Å²) in [5.74, 6) is 0.261. The van der Waals surface area contributed by atoms with Crippen LogP contribution >= 0.6 is 15.9 Å². The van der Waals surface area contributed by atoms with Crippen molar-refractivity contribution in [2.24, 2.45) is 0 Å². The van der Waals surface area contributed by atoms with Crippen LogP contribution in [0.25, 0.3) is 0 Å². The van der Waals surface area contributed by atoms with E-state index in [2.05, 4.69) is 15.9 Å². The number of ether oxygens (including phenoxy) is 3. The SMILES string of the molecule is CC(C)(C)OC(=O)CCCBr.Cc1ccc(C=O)c(O)c1.Cc1ccc(C=O)c(OCCCC(=O)OC(C)(C)C)c1. The molecule has 0 aliphatic rings. The first-order valence-electron chi connectivity index (χ1n) is 13.4. The van der Waals surface area contributed by atoms with E-state index in [9.17, 15) is 19.2 Å². The van der Waals surface area contributed by atoms with E-state index in [1.54, 1.807) is 24.3 Å². The second-order valence-electron chi connectivity index (χ2n) is 11.3. The summed E-state index contributed by atoms with van der Waals surface area (Å²) in [6, 6.07) is 10.3. The van der Waals surface area contributed by atoms with E-state index >= 15 is 0 Å². The fourth-order valence-electron chi connectivity index (χ4n) is 3.01. The van der Waals surface area contributed by atoms with Gasteiger partial charge in [0.1, 0.15) is 22.7 Å². The minimum atomic E-state index is -0.459. The molecule has 2 aromatic carbocycles. The number of esters is 2. The fraction of sp³-hybridized carbons (Fsp3) is 0.500. The van der Waals surface area contributed by atoms with Gasteiger partial charge in [-0.2, -0.15) is 0 Å². The molecule has 9 heteroatoms. The molecule has 0 saturated carbocycles. The number of aromatic hydroxyl groups is 1. The summed E-state index contributed by atoms with van der Waals surface area (Å²) in [7, 11) is 0. The summed E-state index contributed by atoms with van der Waals surface area (Å²) in [4.78, 5) is 43.5. The number of aldehydes is 2. The Morgan fingerprint density at radius 2 is 1.24 bits per heavy atom. The molecule has 2 aromatic rings. The van der Waals surface area contributed by atoms with Gasteiger partial charge in [-0.1, -0.05) is 28.1 Å². The molecule has 1 N–H and O–H groups in total. The van der Waals surface area contributed by atoms with Crippen LogP contribution in [0.4, 0.5) is 0 Å². The number of phenols is 1. The molecular weight excluding hydrogens is 592 g/mol. The smallest absolute Gasteiger partial charge is 0.306 e. The first-order valence-corrected chi connectivity index (χ1v) is 14.6.